The average Bonchev–Trinajstić information content (AvgIpc) is 3.61. The van der Waals surface area contributed by atoms with Gasteiger partial charge in [0.25, 0.3) is 0 Å². The van der Waals surface area contributed by atoms with Crippen molar-refractivity contribution in [1.29, 1.82) is 5.26 Å². The van der Waals surface area contributed by atoms with Gasteiger partial charge in [-0.1, -0.05) is 0 Å². The maximum Gasteiger partial charge on any atom is 0.243 e. The van der Waals surface area contributed by atoms with Gasteiger partial charge in [0.1, 0.15) is 5.82 Å². The number of nitriles is 1. The zero-order valence-corrected chi connectivity index (χ0v) is 19.3. The van der Waals surface area contributed by atoms with Gasteiger partial charge >= 0.3 is 0 Å². The number of aromatic amines is 1. The van der Waals surface area contributed by atoms with Crippen molar-refractivity contribution in [3.05, 3.63) is 59.9 Å². The number of amides is 1. The summed E-state index contributed by atoms with van der Waals surface area (Å²) in [5.74, 6) is 1.71. The molecule has 1 aliphatic heterocycles. The lowest BCUT2D eigenvalue weighted by Gasteiger charge is -2.30. The number of hydrogen-bond acceptors (Lipinski definition) is 6. The monoisotopic (exact) mass is 476 g/mol. The number of nitrogens with one attached hydrogen (secondary N) is 2. The topological polar surface area (TPSA) is 132 Å². The summed E-state index contributed by atoms with van der Waals surface area (Å²) in [5, 5.41) is 19.1. The van der Waals surface area contributed by atoms with E-state index in [-0.39, 0.29) is 29.8 Å². The Balaban J connectivity index is 1.16. The quantitative estimate of drug-likeness (QED) is 0.561. The van der Waals surface area contributed by atoms with Crippen LogP contribution in [0.2, 0.25) is 0 Å². The minimum absolute atomic E-state index is 0.114. The molecule has 2 aromatic carbocycles. The Bertz CT molecular complexity index is 1330. The molecule has 10 heteroatoms. The molecule has 1 aliphatic carbocycles. The lowest BCUT2D eigenvalue weighted by Crippen LogP contribution is -2.41. The van der Waals surface area contributed by atoms with E-state index in [1.165, 1.54) is 28.6 Å². The van der Waals surface area contributed by atoms with Crippen molar-refractivity contribution in [2.45, 2.75) is 36.5 Å². The molecule has 0 spiro atoms. The molecule has 0 radical (unpaired) electrons. The number of carbonyl (C=O) groups excluding carboxylic acids is 1. The van der Waals surface area contributed by atoms with Gasteiger partial charge in [0, 0.05) is 36.2 Å². The fourth-order valence-electron chi connectivity index (χ4n) is 4.10. The van der Waals surface area contributed by atoms with Crippen LogP contribution in [0.25, 0.3) is 11.4 Å². The summed E-state index contributed by atoms with van der Waals surface area (Å²) >= 11 is 0. The van der Waals surface area contributed by atoms with E-state index in [1.54, 1.807) is 0 Å². The molecule has 0 unspecified atom stereocenters. The first-order valence-corrected chi connectivity index (χ1v) is 12.7. The van der Waals surface area contributed by atoms with E-state index < -0.39 is 10.0 Å². The van der Waals surface area contributed by atoms with Gasteiger partial charge in [0.15, 0.2) is 5.82 Å². The van der Waals surface area contributed by atoms with E-state index >= 15 is 0 Å². The summed E-state index contributed by atoms with van der Waals surface area (Å²) in [6.45, 7) is 0.543. The largest absolute Gasteiger partial charge is 0.326 e. The smallest absolute Gasteiger partial charge is 0.243 e. The molecule has 2 fully saturated rings. The molecule has 1 aromatic heterocycles. The van der Waals surface area contributed by atoms with Gasteiger partial charge in [-0.2, -0.15) is 14.7 Å². The average molecular weight is 477 g/mol. The Morgan fingerprint density at radius 1 is 1.03 bits per heavy atom. The molecule has 3 aromatic rings. The summed E-state index contributed by atoms with van der Waals surface area (Å²) in [6, 6.07) is 15.3. The molecule has 2 heterocycles. The van der Waals surface area contributed by atoms with Crippen LogP contribution in [0.3, 0.4) is 0 Å². The zero-order valence-electron chi connectivity index (χ0n) is 18.4. The van der Waals surface area contributed by atoms with E-state index in [0.29, 0.717) is 35.8 Å². The maximum absolute atomic E-state index is 12.9. The number of carbonyl (C=O) groups is 1. The standard InChI is InChI=1S/C24H24N6O3S/c25-15-16-1-9-21(10-2-16)34(32,33)30-13-11-19(12-14-30)24(31)26-20-7-5-18(6-8-20)23-27-22(28-29-23)17-3-4-17/h1-2,5-10,17,19H,3-4,11-14H2,(H,26,31)(H,27,28,29). The lowest BCUT2D eigenvalue weighted by molar-refractivity contribution is -0.120. The molecule has 1 amide bonds. The molecule has 5 rings (SSSR count). The summed E-state index contributed by atoms with van der Waals surface area (Å²) in [5.41, 5.74) is 1.97. The summed E-state index contributed by atoms with van der Waals surface area (Å²) in [6.07, 6.45) is 3.20. The van der Waals surface area contributed by atoms with Gasteiger partial charge in [0.05, 0.1) is 16.5 Å². The molecule has 1 saturated carbocycles. The first-order chi connectivity index (χ1) is 16.4. The number of rotatable bonds is 6. The maximum atomic E-state index is 12.9. The van der Waals surface area contributed by atoms with Crippen molar-refractivity contribution in [2.24, 2.45) is 5.92 Å². The fourth-order valence-corrected chi connectivity index (χ4v) is 5.57. The van der Waals surface area contributed by atoms with Gasteiger partial charge in [-0.15, -0.1) is 0 Å². The Morgan fingerprint density at radius 3 is 2.32 bits per heavy atom. The summed E-state index contributed by atoms with van der Waals surface area (Å²) in [7, 11) is -3.65. The minimum atomic E-state index is -3.65. The number of aromatic nitrogens is 3. The molecule has 34 heavy (non-hydrogen) atoms. The zero-order chi connectivity index (χ0) is 23.7. The highest BCUT2D eigenvalue weighted by Crippen LogP contribution is 2.38. The van der Waals surface area contributed by atoms with Gasteiger partial charge in [-0.3, -0.25) is 9.89 Å². The van der Waals surface area contributed by atoms with Crippen molar-refractivity contribution >= 4 is 21.6 Å². The second kappa shape index (κ2) is 9.00. The molecule has 2 N–H and O–H groups in total. The Morgan fingerprint density at radius 2 is 1.71 bits per heavy atom. The Labute approximate surface area is 197 Å². The van der Waals surface area contributed by atoms with Crippen LogP contribution in [0, 0.1) is 17.2 Å². The van der Waals surface area contributed by atoms with Crippen molar-refractivity contribution in [1.82, 2.24) is 19.5 Å². The molecular formula is C24H24N6O3S. The number of hydrogen-bond donors (Lipinski definition) is 2. The number of nitrogens with zero attached hydrogens (tertiary/aromatic N) is 4. The van der Waals surface area contributed by atoms with E-state index in [4.69, 9.17) is 5.26 Å². The van der Waals surface area contributed by atoms with Gasteiger partial charge in [0.2, 0.25) is 15.9 Å². The van der Waals surface area contributed by atoms with Crippen molar-refractivity contribution in [3.63, 3.8) is 0 Å². The van der Waals surface area contributed by atoms with Crippen LogP contribution in [-0.4, -0.2) is 46.9 Å². The highest BCUT2D eigenvalue weighted by molar-refractivity contribution is 7.89. The SMILES string of the molecule is N#Cc1ccc(S(=O)(=O)N2CCC(C(=O)Nc3ccc(-c4n[nH]c(C5CC5)n4)cc3)CC2)cc1. The van der Waals surface area contributed by atoms with Gasteiger partial charge < -0.3 is 5.32 Å². The second-order valence-electron chi connectivity index (χ2n) is 8.70. The number of H-pyrrole nitrogens is 1. The predicted octanol–water partition coefficient (Wildman–Crippen LogP) is 3.26. The van der Waals surface area contributed by atoms with Crippen molar-refractivity contribution in [3.8, 4) is 17.5 Å². The first-order valence-electron chi connectivity index (χ1n) is 11.3. The van der Waals surface area contributed by atoms with Crippen LogP contribution in [0.1, 0.15) is 43.0 Å². The van der Waals surface area contributed by atoms with E-state index in [2.05, 4.69) is 20.5 Å². The van der Waals surface area contributed by atoms with Crippen molar-refractivity contribution in [2.75, 3.05) is 18.4 Å². The molecule has 0 atom stereocenters. The summed E-state index contributed by atoms with van der Waals surface area (Å²) in [4.78, 5) is 17.5. The van der Waals surface area contributed by atoms with Crippen LogP contribution >= 0.6 is 0 Å². The minimum Gasteiger partial charge on any atom is -0.326 e. The predicted molar refractivity (Wildman–Crippen MR) is 125 cm³/mol. The fraction of sp³-hybridized carbons (Fsp3) is 0.333. The van der Waals surface area contributed by atoms with Gasteiger partial charge in [-0.05, 0) is 74.2 Å². The third-order valence-corrected chi connectivity index (χ3v) is 8.24. The number of benzene rings is 2. The molecule has 0 bridgehead atoms. The Hall–Kier alpha value is -3.55. The Kier molecular flexibility index (Phi) is 5.89. The number of anilines is 1. The van der Waals surface area contributed by atoms with Crippen LogP contribution in [0.5, 0.6) is 0 Å². The van der Waals surface area contributed by atoms with Crippen LogP contribution < -0.4 is 5.32 Å². The second-order valence-corrected chi connectivity index (χ2v) is 10.6. The van der Waals surface area contributed by atoms with Crippen LogP contribution in [0.4, 0.5) is 5.69 Å². The molecule has 2 aliphatic rings. The molecule has 9 nitrogen and oxygen atoms in total. The highest BCUT2D eigenvalue weighted by Gasteiger charge is 2.32. The summed E-state index contributed by atoms with van der Waals surface area (Å²) < 4.78 is 27.2. The third-order valence-electron chi connectivity index (χ3n) is 6.32. The van der Waals surface area contributed by atoms with E-state index in [1.807, 2.05) is 30.3 Å². The van der Waals surface area contributed by atoms with Crippen LogP contribution in [0.15, 0.2) is 53.4 Å². The van der Waals surface area contributed by atoms with E-state index in [9.17, 15) is 13.2 Å². The molecular weight excluding hydrogens is 452 g/mol. The molecule has 1 saturated heterocycles. The van der Waals surface area contributed by atoms with Crippen molar-refractivity contribution < 1.29 is 13.2 Å². The first kappa shape index (κ1) is 22.3. The lowest BCUT2D eigenvalue weighted by atomic mass is 9.97. The van der Waals surface area contributed by atoms with Gasteiger partial charge in [-0.25, -0.2) is 13.4 Å². The number of piperidine rings is 1. The third kappa shape index (κ3) is 4.58. The van der Waals surface area contributed by atoms with E-state index in [0.717, 1.165) is 24.2 Å². The van der Waals surface area contributed by atoms with Crippen LogP contribution in [-0.2, 0) is 14.8 Å². The molecule has 174 valence electrons. The highest BCUT2D eigenvalue weighted by atomic mass is 32.2. The number of sulfonamides is 1. The normalized spacial score (nSPS) is 17.3.